The van der Waals surface area contributed by atoms with E-state index in [2.05, 4.69) is 23.1 Å². The summed E-state index contributed by atoms with van der Waals surface area (Å²) in [4.78, 5) is 17.3. The first kappa shape index (κ1) is 17.7. The molecule has 140 valence electrons. The van der Waals surface area contributed by atoms with Gasteiger partial charge >= 0.3 is 0 Å². The Bertz CT molecular complexity index is 983. The first-order valence-electron chi connectivity index (χ1n) is 9.63. The summed E-state index contributed by atoms with van der Waals surface area (Å²) in [7, 11) is 1.85. The van der Waals surface area contributed by atoms with E-state index in [0.717, 1.165) is 35.2 Å². The molecule has 0 radical (unpaired) electrons. The van der Waals surface area contributed by atoms with Crippen molar-refractivity contribution in [3.63, 3.8) is 0 Å². The van der Waals surface area contributed by atoms with Crippen molar-refractivity contribution >= 4 is 22.6 Å². The highest BCUT2D eigenvalue weighted by atomic mass is 16.3. The van der Waals surface area contributed by atoms with Gasteiger partial charge in [0.05, 0.1) is 0 Å². The summed E-state index contributed by atoms with van der Waals surface area (Å²) >= 11 is 0. The van der Waals surface area contributed by atoms with Crippen molar-refractivity contribution < 1.29 is 9.21 Å². The molecule has 0 N–H and O–H groups in total. The average molecular weight is 362 g/mol. The van der Waals surface area contributed by atoms with Crippen molar-refractivity contribution in [3.05, 3.63) is 64.9 Å². The molecule has 0 saturated carbocycles. The van der Waals surface area contributed by atoms with Gasteiger partial charge in [0.15, 0.2) is 5.76 Å². The maximum atomic E-state index is 13.1. The number of para-hydroxylation sites is 2. The molecule has 1 aliphatic rings. The molecule has 0 atom stereocenters. The molecule has 1 aliphatic heterocycles. The van der Waals surface area contributed by atoms with Crippen LogP contribution >= 0.6 is 0 Å². The Hall–Kier alpha value is -2.75. The second-order valence-electron chi connectivity index (χ2n) is 7.49. The zero-order valence-corrected chi connectivity index (χ0v) is 16.3. The first-order chi connectivity index (χ1) is 13.1. The van der Waals surface area contributed by atoms with Crippen LogP contribution in [-0.2, 0) is 6.54 Å². The Morgan fingerprint density at radius 3 is 2.56 bits per heavy atom. The lowest BCUT2D eigenvalue weighted by molar-refractivity contribution is 0.0755. The highest BCUT2D eigenvalue weighted by Gasteiger charge is 2.23. The van der Waals surface area contributed by atoms with Gasteiger partial charge in [-0.1, -0.05) is 36.4 Å². The van der Waals surface area contributed by atoms with Crippen molar-refractivity contribution in [2.45, 2.75) is 33.2 Å². The molecule has 2 heterocycles. The van der Waals surface area contributed by atoms with E-state index in [-0.39, 0.29) is 5.91 Å². The fraction of sp³-hybridized carbons (Fsp3) is 0.348. The number of aryl methyl sites for hydroxylation is 2. The largest absolute Gasteiger partial charge is 0.450 e. The Kier molecular flexibility index (Phi) is 4.65. The summed E-state index contributed by atoms with van der Waals surface area (Å²) < 4.78 is 5.98. The number of benzene rings is 2. The summed E-state index contributed by atoms with van der Waals surface area (Å²) in [5.41, 5.74) is 5.20. The topological polar surface area (TPSA) is 36.7 Å². The minimum absolute atomic E-state index is 0.0701. The van der Waals surface area contributed by atoms with Crippen LogP contribution in [0.15, 0.2) is 46.9 Å². The molecule has 1 fully saturated rings. The summed E-state index contributed by atoms with van der Waals surface area (Å²) in [5.74, 6) is 0.375. The van der Waals surface area contributed by atoms with Crippen LogP contribution < -0.4 is 4.90 Å². The van der Waals surface area contributed by atoms with Gasteiger partial charge in [-0.15, -0.1) is 0 Å². The molecular formula is C23H26N2O2. The Morgan fingerprint density at radius 2 is 1.81 bits per heavy atom. The minimum Gasteiger partial charge on any atom is -0.450 e. The van der Waals surface area contributed by atoms with Crippen LogP contribution in [-0.4, -0.2) is 30.9 Å². The summed E-state index contributed by atoms with van der Waals surface area (Å²) in [6.07, 6.45) is 2.47. The van der Waals surface area contributed by atoms with Gasteiger partial charge in [-0.05, 0) is 43.9 Å². The number of hydrogen-bond donors (Lipinski definition) is 0. The zero-order valence-electron chi connectivity index (χ0n) is 16.3. The number of carbonyl (C=O) groups is 1. The van der Waals surface area contributed by atoms with Crippen molar-refractivity contribution in [2.24, 2.45) is 0 Å². The van der Waals surface area contributed by atoms with Gasteiger partial charge in [0.1, 0.15) is 5.58 Å². The molecule has 4 nitrogen and oxygen atoms in total. The van der Waals surface area contributed by atoms with Gasteiger partial charge in [-0.2, -0.15) is 0 Å². The molecular weight excluding hydrogens is 336 g/mol. The molecule has 1 aromatic heterocycles. The molecule has 27 heavy (non-hydrogen) atoms. The highest BCUT2D eigenvalue weighted by Crippen LogP contribution is 2.30. The second kappa shape index (κ2) is 7.10. The molecule has 1 saturated heterocycles. The molecule has 1 amide bonds. The number of furan rings is 1. The standard InChI is InChI=1S/C23H26N2O2/c1-16-9-8-11-19-17(2)22(27-21(16)19)23(26)24(3)15-18-10-4-5-12-20(18)25-13-6-7-14-25/h4-5,8-12H,6-7,13-15H2,1-3H3. The summed E-state index contributed by atoms with van der Waals surface area (Å²) in [6.45, 7) is 6.73. The zero-order chi connectivity index (χ0) is 19.0. The van der Waals surface area contributed by atoms with Gasteiger partial charge in [0, 0.05) is 43.3 Å². The molecule has 0 spiro atoms. The lowest BCUT2D eigenvalue weighted by Gasteiger charge is -2.24. The van der Waals surface area contributed by atoms with Gasteiger partial charge in [-0.25, -0.2) is 0 Å². The van der Waals surface area contributed by atoms with Gasteiger partial charge < -0.3 is 14.2 Å². The molecule has 0 bridgehead atoms. The van der Waals surface area contributed by atoms with E-state index in [1.165, 1.54) is 24.1 Å². The number of rotatable bonds is 4. The molecule has 4 rings (SSSR count). The lowest BCUT2D eigenvalue weighted by atomic mass is 10.1. The van der Waals surface area contributed by atoms with E-state index in [9.17, 15) is 4.79 Å². The van der Waals surface area contributed by atoms with Crippen LogP contribution in [0, 0.1) is 13.8 Å². The minimum atomic E-state index is -0.0701. The van der Waals surface area contributed by atoms with E-state index in [4.69, 9.17) is 4.42 Å². The van der Waals surface area contributed by atoms with Gasteiger partial charge in [0.25, 0.3) is 5.91 Å². The predicted octanol–water partition coefficient (Wildman–Crippen LogP) is 4.92. The third kappa shape index (κ3) is 3.20. The van der Waals surface area contributed by atoms with E-state index < -0.39 is 0 Å². The maximum absolute atomic E-state index is 13.1. The number of carbonyl (C=O) groups excluding carboxylic acids is 1. The average Bonchev–Trinajstić information content (AvgIpc) is 3.31. The Balaban J connectivity index is 1.61. The number of fused-ring (bicyclic) bond motifs is 1. The molecule has 0 aliphatic carbocycles. The van der Waals surface area contributed by atoms with Crippen LogP contribution in [0.4, 0.5) is 5.69 Å². The summed E-state index contributed by atoms with van der Waals surface area (Å²) in [5, 5.41) is 1.02. The van der Waals surface area contributed by atoms with E-state index in [1.807, 2.05) is 45.2 Å². The third-order valence-corrected chi connectivity index (χ3v) is 5.55. The quantitative estimate of drug-likeness (QED) is 0.661. The van der Waals surface area contributed by atoms with Crippen LogP contribution in [0.2, 0.25) is 0 Å². The Labute approximate surface area is 160 Å². The number of amides is 1. The fourth-order valence-corrected chi connectivity index (χ4v) is 4.00. The number of hydrogen-bond acceptors (Lipinski definition) is 3. The second-order valence-corrected chi connectivity index (χ2v) is 7.49. The van der Waals surface area contributed by atoms with E-state index in [1.54, 1.807) is 4.90 Å². The van der Waals surface area contributed by atoms with E-state index in [0.29, 0.717) is 12.3 Å². The fourth-order valence-electron chi connectivity index (χ4n) is 4.00. The van der Waals surface area contributed by atoms with Crippen LogP contribution in [0.1, 0.15) is 40.1 Å². The lowest BCUT2D eigenvalue weighted by Crippen LogP contribution is -2.28. The van der Waals surface area contributed by atoms with Crippen molar-refractivity contribution in [1.82, 2.24) is 4.90 Å². The molecule has 0 unspecified atom stereocenters. The van der Waals surface area contributed by atoms with Crippen LogP contribution in [0.3, 0.4) is 0 Å². The number of anilines is 1. The smallest absolute Gasteiger partial charge is 0.289 e. The molecule has 2 aromatic carbocycles. The van der Waals surface area contributed by atoms with Crippen molar-refractivity contribution in [2.75, 3.05) is 25.0 Å². The van der Waals surface area contributed by atoms with Crippen molar-refractivity contribution in [1.29, 1.82) is 0 Å². The first-order valence-corrected chi connectivity index (χ1v) is 9.63. The Morgan fingerprint density at radius 1 is 1.07 bits per heavy atom. The van der Waals surface area contributed by atoms with Gasteiger partial charge in [-0.3, -0.25) is 4.79 Å². The van der Waals surface area contributed by atoms with Crippen molar-refractivity contribution in [3.8, 4) is 0 Å². The predicted molar refractivity (Wildman–Crippen MR) is 109 cm³/mol. The molecule has 4 heteroatoms. The van der Waals surface area contributed by atoms with E-state index >= 15 is 0 Å². The maximum Gasteiger partial charge on any atom is 0.289 e. The highest BCUT2D eigenvalue weighted by molar-refractivity contribution is 5.99. The van der Waals surface area contributed by atoms with Crippen LogP contribution in [0.25, 0.3) is 11.0 Å². The van der Waals surface area contributed by atoms with Gasteiger partial charge in [0.2, 0.25) is 0 Å². The van der Waals surface area contributed by atoms with Crippen LogP contribution in [0.5, 0.6) is 0 Å². The third-order valence-electron chi connectivity index (χ3n) is 5.55. The SMILES string of the molecule is Cc1c(C(=O)N(C)Cc2ccccc2N2CCCC2)oc2c(C)cccc12. The monoisotopic (exact) mass is 362 g/mol. The normalized spacial score (nSPS) is 14.1. The molecule has 3 aromatic rings. The number of nitrogens with zero attached hydrogens (tertiary/aromatic N) is 2. The summed E-state index contributed by atoms with van der Waals surface area (Å²) in [6, 6.07) is 14.4.